The number of benzene rings is 2. The summed E-state index contributed by atoms with van der Waals surface area (Å²) >= 11 is 0. The second kappa shape index (κ2) is 8.04. The SMILES string of the molecule is COc1ccc(/C(C)=N/NS(=O)(=O)c2ccc(C)c([N+](=O)[O-])c2)cc1OC. The van der Waals surface area contributed by atoms with Crippen LogP contribution in [0, 0.1) is 17.0 Å². The summed E-state index contributed by atoms with van der Waals surface area (Å²) in [5.74, 6) is 1.00. The molecule has 0 aromatic heterocycles. The van der Waals surface area contributed by atoms with E-state index >= 15 is 0 Å². The van der Waals surface area contributed by atoms with E-state index in [1.54, 1.807) is 25.1 Å². The van der Waals surface area contributed by atoms with Gasteiger partial charge in [-0.3, -0.25) is 10.1 Å². The van der Waals surface area contributed by atoms with E-state index in [0.29, 0.717) is 28.3 Å². The summed E-state index contributed by atoms with van der Waals surface area (Å²) in [5, 5.41) is 14.9. The van der Waals surface area contributed by atoms with Gasteiger partial charge in [0.05, 0.1) is 29.8 Å². The fraction of sp³-hybridized carbons (Fsp3) is 0.235. The van der Waals surface area contributed by atoms with E-state index in [9.17, 15) is 18.5 Å². The molecule has 0 fully saturated rings. The van der Waals surface area contributed by atoms with Gasteiger partial charge < -0.3 is 9.47 Å². The summed E-state index contributed by atoms with van der Waals surface area (Å²) in [6.07, 6.45) is 0. The van der Waals surface area contributed by atoms with Crippen LogP contribution in [0.3, 0.4) is 0 Å². The molecular formula is C17H19N3O6S. The van der Waals surface area contributed by atoms with Crippen molar-refractivity contribution in [2.24, 2.45) is 5.10 Å². The second-order valence-corrected chi connectivity index (χ2v) is 7.23. The number of methoxy groups -OCH3 is 2. The quantitative estimate of drug-likeness (QED) is 0.439. The Labute approximate surface area is 156 Å². The van der Waals surface area contributed by atoms with Gasteiger partial charge in [-0.1, -0.05) is 6.07 Å². The third kappa shape index (κ3) is 4.53. The Balaban J connectivity index is 2.30. The lowest BCUT2D eigenvalue weighted by Gasteiger charge is -2.10. The van der Waals surface area contributed by atoms with Crippen molar-refractivity contribution in [2.45, 2.75) is 18.7 Å². The van der Waals surface area contributed by atoms with E-state index in [1.165, 1.54) is 33.3 Å². The number of nitro benzene ring substituents is 1. The number of nitrogens with zero attached hydrogens (tertiary/aromatic N) is 2. The lowest BCUT2D eigenvalue weighted by atomic mass is 10.1. The minimum atomic E-state index is -4.06. The molecule has 0 heterocycles. The van der Waals surface area contributed by atoms with Crippen molar-refractivity contribution in [3.8, 4) is 11.5 Å². The molecular weight excluding hydrogens is 374 g/mol. The van der Waals surface area contributed by atoms with Gasteiger partial charge in [-0.15, -0.1) is 0 Å². The van der Waals surface area contributed by atoms with E-state index in [4.69, 9.17) is 9.47 Å². The van der Waals surface area contributed by atoms with Crippen molar-refractivity contribution in [1.82, 2.24) is 4.83 Å². The molecule has 2 aromatic carbocycles. The molecule has 9 nitrogen and oxygen atoms in total. The maximum absolute atomic E-state index is 12.4. The summed E-state index contributed by atoms with van der Waals surface area (Å²) in [6, 6.07) is 8.68. The van der Waals surface area contributed by atoms with Crippen LogP contribution >= 0.6 is 0 Å². The highest BCUT2D eigenvalue weighted by Gasteiger charge is 2.19. The number of hydrazone groups is 1. The minimum absolute atomic E-state index is 0.247. The number of hydrogen-bond acceptors (Lipinski definition) is 7. The number of ether oxygens (including phenoxy) is 2. The molecule has 1 N–H and O–H groups in total. The molecule has 2 rings (SSSR count). The molecule has 0 aliphatic carbocycles. The Hall–Kier alpha value is -3.14. The fourth-order valence-electron chi connectivity index (χ4n) is 2.26. The first-order valence-corrected chi connectivity index (χ1v) is 9.21. The zero-order valence-electron chi connectivity index (χ0n) is 15.2. The van der Waals surface area contributed by atoms with Crippen LogP contribution in [0.25, 0.3) is 0 Å². The Morgan fingerprint density at radius 3 is 2.37 bits per heavy atom. The Bertz CT molecular complexity index is 1000. The van der Waals surface area contributed by atoms with Crippen LogP contribution in [0.15, 0.2) is 46.4 Å². The summed E-state index contributed by atoms with van der Waals surface area (Å²) in [5.41, 5.74) is 1.08. The Kier molecular flexibility index (Phi) is 6.01. The third-order valence-electron chi connectivity index (χ3n) is 3.82. The first kappa shape index (κ1) is 20.2. The van der Waals surface area contributed by atoms with Gasteiger partial charge in [0.15, 0.2) is 11.5 Å². The Morgan fingerprint density at radius 1 is 1.11 bits per heavy atom. The number of rotatable bonds is 7. The van der Waals surface area contributed by atoms with Gasteiger partial charge in [0, 0.05) is 17.2 Å². The van der Waals surface area contributed by atoms with Crippen LogP contribution in [0.4, 0.5) is 5.69 Å². The average molecular weight is 393 g/mol. The maximum atomic E-state index is 12.4. The first-order chi connectivity index (χ1) is 12.7. The predicted molar refractivity (Wildman–Crippen MR) is 99.9 cm³/mol. The van der Waals surface area contributed by atoms with Crippen LogP contribution in [-0.4, -0.2) is 33.3 Å². The lowest BCUT2D eigenvalue weighted by molar-refractivity contribution is -0.385. The molecule has 0 unspecified atom stereocenters. The second-order valence-electron chi connectivity index (χ2n) is 5.57. The van der Waals surface area contributed by atoms with Crippen molar-refractivity contribution in [3.05, 3.63) is 57.6 Å². The summed E-state index contributed by atoms with van der Waals surface area (Å²) in [7, 11) is -1.07. The summed E-state index contributed by atoms with van der Waals surface area (Å²) in [4.78, 5) is 12.2. The van der Waals surface area contributed by atoms with Crippen LogP contribution in [-0.2, 0) is 10.0 Å². The van der Waals surface area contributed by atoms with E-state index in [0.717, 1.165) is 6.07 Å². The van der Waals surface area contributed by atoms with Crippen molar-refractivity contribution < 1.29 is 22.8 Å². The van der Waals surface area contributed by atoms with Gasteiger partial charge >= 0.3 is 0 Å². The van der Waals surface area contributed by atoms with E-state index < -0.39 is 14.9 Å². The predicted octanol–water partition coefficient (Wildman–Crippen LogP) is 2.62. The molecule has 0 atom stereocenters. The topological polar surface area (TPSA) is 120 Å². The summed E-state index contributed by atoms with van der Waals surface area (Å²) < 4.78 is 35.1. The maximum Gasteiger partial charge on any atom is 0.276 e. The molecule has 10 heteroatoms. The van der Waals surface area contributed by atoms with Crippen molar-refractivity contribution >= 4 is 21.4 Å². The van der Waals surface area contributed by atoms with Gasteiger partial charge in [-0.25, -0.2) is 0 Å². The van der Waals surface area contributed by atoms with Gasteiger partial charge in [-0.05, 0) is 38.1 Å². The average Bonchev–Trinajstić information content (AvgIpc) is 2.65. The molecule has 0 radical (unpaired) electrons. The van der Waals surface area contributed by atoms with Crippen molar-refractivity contribution in [2.75, 3.05) is 14.2 Å². The zero-order chi connectivity index (χ0) is 20.2. The van der Waals surface area contributed by atoms with Crippen LogP contribution in [0.1, 0.15) is 18.1 Å². The normalized spacial score (nSPS) is 11.8. The molecule has 0 saturated heterocycles. The number of sulfonamides is 1. The van der Waals surface area contributed by atoms with Crippen LogP contribution < -0.4 is 14.3 Å². The molecule has 0 aliphatic rings. The largest absolute Gasteiger partial charge is 0.493 e. The molecule has 27 heavy (non-hydrogen) atoms. The number of nitro groups is 1. The first-order valence-electron chi connectivity index (χ1n) is 7.73. The zero-order valence-corrected chi connectivity index (χ0v) is 16.0. The van der Waals surface area contributed by atoms with Gasteiger partial charge in [0.1, 0.15) is 0 Å². The monoisotopic (exact) mass is 393 g/mol. The van der Waals surface area contributed by atoms with E-state index in [1.807, 2.05) is 0 Å². The van der Waals surface area contributed by atoms with Gasteiger partial charge in [0.25, 0.3) is 15.7 Å². The third-order valence-corrected chi connectivity index (χ3v) is 5.03. The summed E-state index contributed by atoms with van der Waals surface area (Å²) in [6.45, 7) is 3.14. The Morgan fingerprint density at radius 2 is 1.78 bits per heavy atom. The highest BCUT2D eigenvalue weighted by molar-refractivity contribution is 7.89. The number of aryl methyl sites for hydroxylation is 1. The molecule has 2 aromatic rings. The highest BCUT2D eigenvalue weighted by Crippen LogP contribution is 2.28. The van der Waals surface area contributed by atoms with Crippen LogP contribution in [0.2, 0.25) is 0 Å². The van der Waals surface area contributed by atoms with Crippen molar-refractivity contribution in [3.63, 3.8) is 0 Å². The van der Waals surface area contributed by atoms with Crippen molar-refractivity contribution in [1.29, 1.82) is 0 Å². The molecule has 144 valence electrons. The van der Waals surface area contributed by atoms with Gasteiger partial charge in [-0.2, -0.15) is 18.4 Å². The van der Waals surface area contributed by atoms with E-state index in [2.05, 4.69) is 9.93 Å². The molecule has 0 spiro atoms. The minimum Gasteiger partial charge on any atom is -0.493 e. The molecule has 0 aliphatic heterocycles. The number of nitrogens with one attached hydrogen (secondary N) is 1. The van der Waals surface area contributed by atoms with E-state index in [-0.39, 0.29) is 10.6 Å². The number of hydrogen-bond donors (Lipinski definition) is 1. The fourth-order valence-corrected chi connectivity index (χ4v) is 3.14. The lowest BCUT2D eigenvalue weighted by Crippen LogP contribution is -2.20. The molecule has 0 amide bonds. The standard InChI is InChI=1S/C17H19N3O6S/c1-11-5-7-14(10-15(11)20(21)22)27(23,24)19-18-12(2)13-6-8-16(25-3)17(9-13)26-4/h5-10,19H,1-4H3/b18-12+. The molecule has 0 saturated carbocycles. The highest BCUT2D eigenvalue weighted by atomic mass is 32.2. The molecule has 0 bridgehead atoms. The van der Waals surface area contributed by atoms with Gasteiger partial charge in [0.2, 0.25) is 0 Å². The van der Waals surface area contributed by atoms with Crippen LogP contribution in [0.5, 0.6) is 11.5 Å². The smallest absolute Gasteiger partial charge is 0.276 e.